The second-order valence-corrected chi connectivity index (χ2v) is 8.57. The molecule has 0 radical (unpaired) electrons. The van der Waals surface area contributed by atoms with Crippen LogP contribution in [0.2, 0.25) is 0 Å². The standard InChI is InChI=1S/C18H28N2O4S/c1-3-25(22,23)20-13-10-16(11-14-20)18(21)19-12-4-5-15-6-8-17(24-2)9-7-15/h6-9,16H,3-5,10-14H2,1-2H3,(H,19,21). The van der Waals surface area contributed by atoms with E-state index in [1.165, 1.54) is 9.87 Å². The zero-order valence-electron chi connectivity index (χ0n) is 15.0. The Kier molecular flexibility index (Phi) is 7.25. The van der Waals surface area contributed by atoms with E-state index in [0.29, 0.717) is 32.5 Å². The summed E-state index contributed by atoms with van der Waals surface area (Å²) in [7, 11) is -1.49. The summed E-state index contributed by atoms with van der Waals surface area (Å²) in [5.74, 6) is 0.927. The molecule has 1 aromatic carbocycles. The Morgan fingerprint density at radius 1 is 1.24 bits per heavy atom. The van der Waals surface area contributed by atoms with Gasteiger partial charge in [0.25, 0.3) is 0 Å². The van der Waals surface area contributed by atoms with E-state index in [2.05, 4.69) is 5.32 Å². The van der Waals surface area contributed by atoms with Gasteiger partial charge in [-0.3, -0.25) is 4.79 Å². The van der Waals surface area contributed by atoms with Gasteiger partial charge in [-0.2, -0.15) is 0 Å². The normalized spacial score (nSPS) is 16.6. The molecule has 1 amide bonds. The van der Waals surface area contributed by atoms with E-state index in [1.54, 1.807) is 14.0 Å². The molecule has 0 unspecified atom stereocenters. The number of ether oxygens (including phenoxy) is 1. The lowest BCUT2D eigenvalue weighted by Crippen LogP contribution is -2.43. The third-order valence-electron chi connectivity index (χ3n) is 4.68. The Balaban J connectivity index is 1.67. The van der Waals surface area contributed by atoms with Crippen LogP contribution in [0.5, 0.6) is 5.75 Å². The minimum Gasteiger partial charge on any atom is -0.497 e. The average molecular weight is 368 g/mol. The first-order chi connectivity index (χ1) is 12.0. The lowest BCUT2D eigenvalue weighted by Gasteiger charge is -2.30. The van der Waals surface area contributed by atoms with Crippen LogP contribution in [0.3, 0.4) is 0 Å². The van der Waals surface area contributed by atoms with Crippen LogP contribution in [0, 0.1) is 5.92 Å². The van der Waals surface area contributed by atoms with Gasteiger partial charge in [0.2, 0.25) is 15.9 Å². The van der Waals surface area contributed by atoms with Gasteiger partial charge in [0.05, 0.1) is 12.9 Å². The highest BCUT2D eigenvalue weighted by Gasteiger charge is 2.29. The van der Waals surface area contributed by atoms with E-state index in [1.807, 2.05) is 24.3 Å². The van der Waals surface area contributed by atoms with E-state index in [4.69, 9.17) is 4.74 Å². The number of carbonyl (C=O) groups is 1. The third-order valence-corrected chi connectivity index (χ3v) is 6.56. The zero-order chi connectivity index (χ0) is 18.3. The molecule has 1 fully saturated rings. The average Bonchev–Trinajstić information content (AvgIpc) is 2.65. The third kappa shape index (κ3) is 5.71. The fraction of sp³-hybridized carbons (Fsp3) is 0.611. The highest BCUT2D eigenvalue weighted by atomic mass is 32.2. The van der Waals surface area contributed by atoms with Crippen LogP contribution in [-0.2, 0) is 21.2 Å². The first kappa shape index (κ1) is 19.7. The number of amides is 1. The number of hydrogen-bond acceptors (Lipinski definition) is 4. The first-order valence-electron chi connectivity index (χ1n) is 8.84. The quantitative estimate of drug-likeness (QED) is 0.710. The van der Waals surface area contributed by atoms with Gasteiger partial charge in [-0.05, 0) is 50.3 Å². The molecule has 1 N–H and O–H groups in total. The van der Waals surface area contributed by atoms with Gasteiger partial charge in [-0.15, -0.1) is 0 Å². The maximum absolute atomic E-state index is 12.2. The first-order valence-corrected chi connectivity index (χ1v) is 10.5. The number of aryl methyl sites for hydroxylation is 1. The highest BCUT2D eigenvalue weighted by molar-refractivity contribution is 7.89. The summed E-state index contributed by atoms with van der Waals surface area (Å²) in [5, 5.41) is 2.98. The summed E-state index contributed by atoms with van der Waals surface area (Å²) in [4.78, 5) is 12.2. The fourth-order valence-electron chi connectivity index (χ4n) is 3.02. The number of nitrogens with one attached hydrogen (secondary N) is 1. The molecular formula is C18H28N2O4S. The van der Waals surface area contributed by atoms with Crippen molar-refractivity contribution in [1.29, 1.82) is 0 Å². The number of methoxy groups -OCH3 is 1. The summed E-state index contributed by atoms with van der Waals surface area (Å²) >= 11 is 0. The Bertz CT molecular complexity index is 650. The molecule has 1 aromatic rings. The molecule has 25 heavy (non-hydrogen) atoms. The summed E-state index contributed by atoms with van der Waals surface area (Å²) in [5.41, 5.74) is 1.22. The number of sulfonamides is 1. The molecular weight excluding hydrogens is 340 g/mol. The van der Waals surface area contributed by atoms with Gasteiger partial charge < -0.3 is 10.1 Å². The second kappa shape index (κ2) is 9.20. The van der Waals surface area contributed by atoms with Crippen molar-refractivity contribution in [2.45, 2.75) is 32.6 Å². The van der Waals surface area contributed by atoms with Gasteiger partial charge in [0, 0.05) is 25.6 Å². The van der Waals surface area contributed by atoms with E-state index in [0.717, 1.165) is 18.6 Å². The molecule has 6 nitrogen and oxygen atoms in total. The second-order valence-electron chi connectivity index (χ2n) is 6.32. The Labute approximate surface area is 150 Å². The molecule has 7 heteroatoms. The number of hydrogen-bond donors (Lipinski definition) is 1. The minimum atomic E-state index is -3.13. The number of rotatable bonds is 8. The van der Waals surface area contributed by atoms with Crippen LogP contribution in [0.4, 0.5) is 0 Å². The molecule has 0 spiro atoms. The molecule has 1 aliphatic heterocycles. The van der Waals surface area contributed by atoms with Gasteiger partial charge in [-0.1, -0.05) is 12.1 Å². The van der Waals surface area contributed by atoms with Crippen LogP contribution < -0.4 is 10.1 Å². The van der Waals surface area contributed by atoms with Crippen LogP contribution in [0.25, 0.3) is 0 Å². The van der Waals surface area contributed by atoms with Crippen molar-refractivity contribution in [1.82, 2.24) is 9.62 Å². The Hall–Kier alpha value is -1.60. The van der Waals surface area contributed by atoms with Gasteiger partial charge in [0.1, 0.15) is 5.75 Å². The van der Waals surface area contributed by atoms with Crippen LogP contribution in [0.1, 0.15) is 31.7 Å². The molecule has 2 rings (SSSR count). The Morgan fingerprint density at radius 2 is 1.88 bits per heavy atom. The van der Waals surface area contributed by atoms with Crippen LogP contribution in [0.15, 0.2) is 24.3 Å². The van der Waals surface area contributed by atoms with Crippen molar-refractivity contribution in [2.75, 3.05) is 32.5 Å². The lowest BCUT2D eigenvalue weighted by atomic mass is 9.97. The van der Waals surface area contributed by atoms with Crippen molar-refractivity contribution >= 4 is 15.9 Å². The highest BCUT2D eigenvalue weighted by Crippen LogP contribution is 2.20. The van der Waals surface area contributed by atoms with Crippen molar-refractivity contribution < 1.29 is 17.9 Å². The molecule has 0 saturated carbocycles. The molecule has 140 valence electrons. The maximum atomic E-state index is 12.2. The van der Waals surface area contributed by atoms with E-state index in [9.17, 15) is 13.2 Å². The van der Waals surface area contributed by atoms with E-state index in [-0.39, 0.29) is 17.6 Å². The molecule has 0 atom stereocenters. The maximum Gasteiger partial charge on any atom is 0.223 e. The van der Waals surface area contributed by atoms with Crippen molar-refractivity contribution in [3.05, 3.63) is 29.8 Å². The van der Waals surface area contributed by atoms with Gasteiger partial charge >= 0.3 is 0 Å². The van der Waals surface area contributed by atoms with Crippen molar-refractivity contribution in [2.24, 2.45) is 5.92 Å². The zero-order valence-corrected chi connectivity index (χ0v) is 15.8. The predicted molar refractivity (Wildman–Crippen MR) is 98.1 cm³/mol. The minimum absolute atomic E-state index is 0.0447. The van der Waals surface area contributed by atoms with Crippen molar-refractivity contribution in [3.8, 4) is 5.75 Å². The number of nitrogens with zero attached hydrogens (tertiary/aromatic N) is 1. The monoisotopic (exact) mass is 368 g/mol. The SMILES string of the molecule is CCS(=O)(=O)N1CCC(C(=O)NCCCc2ccc(OC)cc2)CC1. The summed E-state index contributed by atoms with van der Waals surface area (Å²) in [6.07, 6.45) is 2.98. The lowest BCUT2D eigenvalue weighted by molar-refractivity contribution is -0.126. The molecule has 1 heterocycles. The topological polar surface area (TPSA) is 75.7 Å². The summed E-state index contributed by atoms with van der Waals surface area (Å²) < 4.78 is 30.3. The molecule has 1 saturated heterocycles. The molecule has 0 bridgehead atoms. The van der Waals surface area contributed by atoms with E-state index < -0.39 is 10.0 Å². The largest absolute Gasteiger partial charge is 0.497 e. The number of carbonyl (C=O) groups excluding carboxylic acids is 1. The van der Waals surface area contributed by atoms with Crippen molar-refractivity contribution in [3.63, 3.8) is 0 Å². The molecule has 0 aliphatic carbocycles. The Morgan fingerprint density at radius 3 is 2.44 bits per heavy atom. The summed E-state index contributed by atoms with van der Waals surface area (Å²) in [6.45, 7) is 3.18. The number of benzene rings is 1. The summed E-state index contributed by atoms with van der Waals surface area (Å²) in [6, 6.07) is 7.94. The predicted octanol–water partition coefficient (Wildman–Crippen LogP) is 1.81. The molecule has 1 aliphatic rings. The molecule has 0 aromatic heterocycles. The van der Waals surface area contributed by atoms with Gasteiger partial charge in [-0.25, -0.2) is 12.7 Å². The van der Waals surface area contributed by atoms with Gasteiger partial charge in [0.15, 0.2) is 0 Å². The van der Waals surface area contributed by atoms with Crippen LogP contribution >= 0.6 is 0 Å². The van der Waals surface area contributed by atoms with E-state index >= 15 is 0 Å². The fourth-order valence-corrected chi connectivity index (χ4v) is 4.15. The van der Waals surface area contributed by atoms with Crippen LogP contribution in [-0.4, -0.2) is 51.1 Å². The number of piperidine rings is 1. The smallest absolute Gasteiger partial charge is 0.223 e.